The van der Waals surface area contributed by atoms with E-state index >= 15 is 0 Å². The molecule has 0 fully saturated rings. The Morgan fingerprint density at radius 3 is 2.26 bits per heavy atom. The van der Waals surface area contributed by atoms with Crippen molar-refractivity contribution in [2.45, 2.75) is 46.2 Å². The molecular formula is C13H27N3O3. The van der Waals surface area contributed by atoms with E-state index in [4.69, 9.17) is 5.11 Å². The SMILES string of the molecule is CCC(C)N(C)CCNC(=O)N[C@@H](C(=O)O)C(C)C. The van der Waals surface area contributed by atoms with Crippen molar-refractivity contribution in [1.29, 1.82) is 0 Å². The Morgan fingerprint density at radius 2 is 1.84 bits per heavy atom. The average molecular weight is 273 g/mol. The summed E-state index contributed by atoms with van der Waals surface area (Å²) in [6, 6.07) is -0.821. The van der Waals surface area contributed by atoms with Crippen LogP contribution in [0.15, 0.2) is 0 Å². The number of carbonyl (C=O) groups is 2. The van der Waals surface area contributed by atoms with Gasteiger partial charge >= 0.3 is 12.0 Å². The normalized spacial score (nSPS) is 14.3. The summed E-state index contributed by atoms with van der Waals surface area (Å²) in [5, 5.41) is 14.1. The highest BCUT2D eigenvalue weighted by Gasteiger charge is 2.23. The molecule has 3 N–H and O–H groups in total. The van der Waals surface area contributed by atoms with Gasteiger partial charge in [-0.1, -0.05) is 20.8 Å². The molecule has 0 saturated heterocycles. The number of urea groups is 1. The zero-order valence-electron chi connectivity index (χ0n) is 12.6. The molecule has 112 valence electrons. The zero-order valence-corrected chi connectivity index (χ0v) is 12.6. The maximum absolute atomic E-state index is 11.6. The van der Waals surface area contributed by atoms with Crippen LogP contribution in [0, 0.1) is 5.92 Å². The standard InChI is InChI=1S/C13H27N3O3/c1-6-10(4)16(5)8-7-14-13(19)15-11(9(2)3)12(17)18/h9-11H,6-8H2,1-5H3,(H,17,18)(H2,14,15,19)/t10?,11-/m1/s1. The van der Waals surface area contributed by atoms with Crippen molar-refractivity contribution in [3.63, 3.8) is 0 Å². The van der Waals surface area contributed by atoms with Crippen LogP contribution in [0.5, 0.6) is 0 Å². The van der Waals surface area contributed by atoms with Crippen molar-refractivity contribution in [3.05, 3.63) is 0 Å². The molecule has 0 rings (SSSR count). The van der Waals surface area contributed by atoms with E-state index < -0.39 is 18.0 Å². The second kappa shape index (κ2) is 8.74. The second-order valence-electron chi connectivity index (χ2n) is 5.20. The Morgan fingerprint density at radius 1 is 1.26 bits per heavy atom. The van der Waals surface area contributed by atoms with Crippen LogP contribution in [0.4, 0.5) is 4.79 Å². The van der Waals surface area contributed by atoms with E-state index in [2.05, 4.69) is 29.4 Å². The van der Waals surface area contributed by atoms with Gasteiger partial charge in [0.05, 0.1) is 0 Å². The number of nitrogens with zero attached hydrogens (tertiary/aromatic N) is 1. The topological polar surface area (TPSA) is 81.7 Å². The first-order valence-electron chi connectivity index (χ1n) is 6.77. The molecule has 0 saturated carbocycles. The Bertz CT molecular complexity index is 295. The van der Waals surface area contributed by atoms with E-state index in [0.29, 0.717) is 12.6 Å². The lowest BCUT2D eigenvalue weighted by Gasteiger charge is -2.24. The minimum atomic E-state index is -1.01. The summed E-state index contributed by atoms with van der Waals surface area (Å²) < 4.78 is 0. The van der Waals surface area contributed by atoms with Gasteiger partial charge in [-0.3, -0.25) is 0 Å². The van der Waals surface area contributed by atoms with Crippen molar-refractivity contribution in [2.75, 3.05) is 20.1 Å². The smallest absolute Gasteiger partial charge is 0.326 e. The second-order valence-corrected chi connectivity index (χ2v) is 5.20. The van der Waals surface area contributed by atoms with E-state index in [0.717, 1.165) is 13.0 Å². The molecule has 0 spiro atoms. The van der Waals surface area contributed by atoms with Crippen LogP contribution < -0.4 is 10.6 Å². The van der Waals surface area contributed by atoms with Gasteiger partial charge < -0.3 is 20.6 Å². The Kier molecular flexibility index (Phi) is 8.14. The molecule has 0 bridgehead atoms. The van der Waals surface area contributed by atoms with E-state index in [1.165, 1.54) is 0 Å². The highest BCUT2D eigenvalue weighted by atomic mass is 16.4. The van der Waals surface area contributed by atoms with Crippen molar-refractivity contribution >= 4 is 12.0 Å². The minimum absolute atomic E-state index is 0.147. The average Bonchev–Trinajstić information content (AvgIpc) is 2.33. The van der Waals surface area contributed by atoms with Crippen LogP contribution in [0.25, 0.3) is 0 Å². The highest BCUT2D eigenvalue weighted by Crippen LogP contribution is 2.01. The fourth-order valence-electron chi connectivity index (χ4n) is 1.58. The Balaban J connectivity index is 4.02. The van der Waals surface area contributed by atoms with Gasteiger partial charge in [-0.15, -0.1) is 0 Å². The molecule has 0 aromatic heterocycles. The summed E-state index contributed by atoms with van der Waals surface area (Å²) in [5.74, 6) is -1.16. The minimum Gasteiger partial charge on any atom is -0.480 e. The van der Waals surface area contributed by atoms with Gasteiger partial charge in [0.15, 0.2) is 0 Å². The summed E-state index contributed by atoms with van der Waals surface area (Å²) in [6.07, 6.45) is 1.05. The van der Waals surface area contributed by atoms with Crippen LogP contribution in [-0.2, 0) is 4.79 Å². The maximum Gasteiger partial charge on any atom is 0.326 e. The summed E-state index contributed by atoms with van der Waals surface area (Å²) >= 11 is 0. The third-order valence-corrected chi connectivity index (χ3v) is 3.31. The molecule has 6 heteroatoms. The number of carboxylic acids is 1. The van der Waals surface area contributed by atoms with Gasteiger partial charge in [0.25, 0.3) is 0 Å². The first-order valence-corrected chi connectivity index (χ1v) is 6.77. The van der Waals surface area contributed by atoms with Crippen LogP contribution >= 0.6 is 0 Å². The van der Waals surface area contributed by atoms with E-state index in [1.807, 2.05) is 7.05 Å². The van der Waals surface area contributed by atoms with Gasteiger partial charge in [0, 0.05) is 19.1 Å². The van der Waals surface area contributed by atoms with E-state index in [9.17, 15) is 9.59 Å². The molecule has 0 aromatic carbocycles. The van der Waals surface area contributed by atoms with Gasteiger partial charge in [-0.25, -0.2) is 9.59 Å². The molecule has 2 atom stereocenters. The van der Waals surface area contributed by atoms with Crippen molar-refractivity contribution < 1.29 is 14.7 Å². The molecular weight excluding hydrogens is 246 g/mol. The van der Waals surface area contributed by atoms with E-state index in [-0.39, 0.29) is 5.92 Å². The molecule has 0 heterocycles. The van der Waals surface area contributed by atoms with Crippen LogP contribution in [0.1, 0.15) is 34.1 Å². The quantitative estimate of drug-likeness (QED) is 0.619. The maximum atomic E-state index is 11.6. The first-order chi connectivity index (χ1) is 8.79. The molecule has 0 radical (unpaired) electrons. The third-order valence-electron chi connectivity index (χ3n) is 3.31. The molecule has 0 aliphatic rings. The largest absolute Gasteiger partial charge is 0.480 e. The van der Waals surface area contributed by atoms with Gasteiger partial charge in [-0.2, -0.15) is 0 Å². The predicted molar refractivity (Wildman–Crippen MR) is 75.2 cm³/mol. The van der Waals surface area contributed by atoms with Crippen LogP contribution in [0.3, 0.4) is 0 Å². The molecule has 0 aromatic rings. The Labute approximate surface area is 115 Å². The van der Waals surface area contributed by atoms with Crippen molar-refractivity contribution in [2.24, 2.45) is 5.92 Å². The predicted octanol–water partition coefficient (Wildman–Crippen LogP) is 1.13. The molecule has 0 aliphatic heterocycles. The fourth-order valence-corrected chi connectivity index (χ4v) is 1.58. The summed E-state index contributed by atoms with van der Waals surface area (Å²) in [7, 11) is 2.00. The number of aliphatic carboxylic acids is 1. The number of rotatable bonds is 8. The lowest BCUT2D eigenvalue weighted by Crippen LogP contribution is -2.49. The molecule has 1 unspecified atom stereocenters. The first kappa shape index (κ1) is 17.7. The number of hydrogen-bond donors (Lipinski definition) is 3. The van der Waals surface area contributed by atoms with Crippen molar-refractivity contribution in [1.82, 2.24) is 15.5 Å². The molecule has 2 amide bonds. The summed E-state index contributed by atoms with van der Waals surface area (Å²) in [6.45, 7) is 8.99. The number of carbonyl (C=O) groups excluding carboxylic acids is 1. The number of hydrogen-bond acceptors (Lipinski definition) is 3. The summed E-state index contributed by atoms with van der Waals surface area (Å²) in [4.78, 5) is 24.7. The lowest BCUT2D eigenvalue weighted by atomic mass is 10.1. The number of amides is 2. The van der Waals surface area contributed by atoms with Gasteiger partial charge in [-0.05, 0) is 26.3 Å². The van der Waals surface area contributed by atoms with E-state index in [1.54, 1.807) is 13.8 Å². The molecule has 6 nitrogen and oxygen atoms in total. The van der Waals surface area contributed by atoms with Crippen LogP contribution in [-0.4, -0.2) is 54.2 Å². The number of carboxylic acid groups (broad SMARTS) is 1. The fraction of sp³-hybridized carbons (Fsp3) is 0.846. The number of nitrogens with one attached hydrogen (secondary N) is 2. The molecule has 19 heavy (non-hydrogen) atoms. The van der Waals surface area contributed by atoms with Crippen LogP contribution in [0.2, 0.25) is 0 Å². The summed E-state index contributed by atoms with van der Waals surface area (Å²) in [5.41, 5.74) is 0. The molecule has 0 aliphatic carbocycles. The third kappa shape index (κ3) is 7.00. The van der Waals surface area contributed by atoms with Gasteiger partial charge in [0.2, 0.25) is 0 Å². The van der Waals surface area contributed by atoms with Crippen molar-refractivity contribution in [3.8, 4) is 0 Å². The highest BCUT2D eigenvalue weighted by molar-refractivity contribution is 5.82. The zero-order chi connectivity index (χ0) is 15.0. The number of likely N-dealkylation sites (N-methyl/N-ethyl adjacent to an activating group) is 1. The Hall–Kier alpha value is -1.30. The van der Waals surface area contributed by atoms with Gasteiger partial charge in [0.1, 0.15) is 6.04 Å². The lowest BCUT2D eigenvalue weighted by molar-refractivity contribution is -0.140. The monoisotopic (exact) mass is 273 g/mol.